The number of hydrogen-bond acceptors (Lipinski definition) is 5. The Hall–Kier alpha value is -4.26. The van der Waals surface area contributed by atoms with Crippen molar-refractivity contribution in [2.75, 3.05) is 24.5 Å². The summed E-state index contributed by atoms with van der Waals surface area (Å²) < 4.78 is 19.4. The molecule has 3 aromatic carbocycles. The van der Waals surface area contributed by atoms with Gasteiger partial charge in [0.25, 0.3) is 0 Å². The second-order valence-electron chi connectivity index (χ2n) is 9.38. The van der Waals surface area contributed by atoms with E-state index in [1.54, 1.807) is 4.90 Å². The Labute approximate surface area is 213 Å². The summed E-state index contributed by atoms with van der Waals surface area (Å²) in [5.41, 5.74) is 4.88. The van der Waals surface area contributed by atoms with Crippen molar-refractivity contribution < 1.29 is 23.5 Å². The Bertz CT molecular complexity index is 1420. The van der Waals surface area contributed by atoms with Crippen molar-refractivity contribution in [2.45, 2.75) is 25.0 Å². The van der Waals surface area contributed by atoms with Crippen LogP contribution in [0.1, 0.15) is 18.4 Å². The Morgan fingerprint density at radius 1 is 0.946 bits per heavy atom. The van der Waals surface area contributed by atoms with E-state index in [4.69, 9.17) is 14.3 Å². The van der Waals surface area contributed by atoms with Crippen LogP contribution in [0.25, 0.3) is 22.0 Å². The SMILES string of the molecule is O=C1OC2(CCN(Cc3c[nH]c4cccc(-c5ccc(F)cc5)c34)CC2)CN1c1ccccc1.O=C=O. The number of para-hydroxylation sites is 1. The molecule has 1 aromatic heterocycles. The van der Waals surface area contributed by atoms with Crippen LogP contribution in [0.15, 0.2) is 79.0 Å². The van der Waals surface area contributed by atoms with Gasteiger partial charge in [0.05, 0.1) is 6.54 Å². The van der Waals surface area contributed by atoms with Gasteiger partial charge < -0.3 is 9.72 Å². The average Bonchev–Trinajstić information content (AvgIpc) is 3.47. The number of rotatable bonds is 4. The number of benzene rings is 3. The Balaban J connectivity index is 0.000000892. The van der Waals surface area contributed by atoms with E-state index in [0.29, 0.717) is 6.54 Å². The number of nitrogens with zero attached hydrogens (tertiary/aromatic N) is 2. The maximum absolute atomic E-state index is 13.5. The predicted molar refractivity (Wildman–Crippen MR) is 136 cm³/mol. The molecule has 1 spiro atoms. The van der Waals surface area contributed by atoms with Gasteiger partial charge in [-0.25, -0.2) is 9.18 Å². The molecule has 2 fully saturated rings. The molecule has 6 rings (SSSR count). The van der Waals surface area contributed by atoms with Crippen LogP contribution in [0, 0.1) is 5.82 Å². The largest absolute Gasteiger partial charge is 0.441 e. The van der Waals surface area contributed by atoms with Crippen LogP contribution in [-0.4, -0.2) is 47.4 Å². The van der Waals surface area contributed by atoms with Crippen LogP contribution >= 0.6 is 0 Å². The number of carbonyl (C=O) groups excluding carboxylic acids is 3. The monoisotopic (exact) mass is 499 g/mol. The topological polar surface area (TPSA) is 82.7 Å². The highest BCUT2D eigenvalue weighted by molar-refractivity contribution is 5.97. The number of ether oxygens (including phenoxy) is 1. The standard InChI is InChI=1S/C28H26FN3O2.CO2/c29-22-11-9-20(10-12-22)24-7-4-8-25-26(24)21(17-30-25)18-31-15-13-28(14-16-31)19-32(27(33)34-28)23-5-2-1-3-6-23;2-1-3/h1-12,17,30H,13-16,18-19H2;. The highest BCUT2D eigenvalue weighted by Gasteiger charge is 2.47. The van der Waals surface area contributed by atoms with Crippen molar-refractivity contribution in [3.05, 3.63) is 90.4 Å². The first kappa shape index (κ1) is 24.4. The fourth-order valence-electron chi connectivity index (χ4n) is 5.30. The van der Waals surface area contributed by atoms with Gasteiger partial charge >= 0.3 is 12.2 Å². The van der Waals surface area contributed by atoms with Crippen molar-refractivity contribution in [3.63, 3.8) is 0 Å². The third-order valence-electron chi connectivity index (χ3n) is 7.14. The molecule has 188 valence electrons. The molecule has 4 aromatic rings. The maximum Gasteiger partial charge on any atom is 0.415 e. The lowest BCUT2D eigenvalue weighted by Gasteiger charge is -2.37. The molecule has 0 bridgehead atoms. The van der Waals surface area contributed by atoms with Crippen molar-refractivity contribution in [2.24, 2.45) is 0 Å². The summed E-state index contributed by atoms with van der Waals surface area (Å²) in [4.78, 5) is 36.4. The maximum atomic E-state index is 13.5. The molecule has 8 heteroatoms. The predicted octanol–water partition coefficient (Wildman–Crippen LogP) is 5.38. The van der Waals surface area contributed by atoms with Gasteiger partial charge in [0, 0.05) is 55.3 Å². The van der Waals surface area contributed by atoms with E-state index in [1.165, 1.54) is 23.1 Å². The third kappa shape index (κ3) is 5.03. The molecule has 0 atom stereocenters. The molecule has 0 saturated carbocycles. The van der Waals surface area contributed by atoms with Crippen LogP contribution in [-0.2, 0) is 20.9 Å². The summed E-state index contributed by atoms with van der Waals surface area (Å²) in [6.07, 6.45) is 3.71. The number of aromatic nitrogens is 1. The van der Waals surface area contributed by atoms with Crippen molar-refractivity contribution in [3.8, 4) is 11.1 Å². The molecular formula is C29H26FN3O4. The van der Waals surface area contributed by atoms with E-state index in [2.05, 4.69) is 28.2 Å². The third-order valence-corrected chi connectivity index (χ3v) is 7.14. The van der Waals surface area contributed by atoms with Crippen LogP contribution in [0.3, 0.4) is 0 Å². The average molecular weight is 500 g/mol. The molecule has 2 saturated heterocycles. The summed E-state index contributed by atoms with van der Waals surface area (Å²) in [6.45, 7) is 3.14. The fraction of sp³-hybridized carbons (Fsp3) is 0.241. The zero-order valence-corrected chi connectivity index (χ0v) is 20.2. The molecule has 7 nitrogen and oxygen atoms in total. The van der Waals surface area contributed by atoms with Gasteiger partial charge in [-0.2, -0.15) is 9.59 Å². The number of amides is 1. The summed E-state index contributed by atoms with van der Waals surface area (Å²) in [6, 6.07) is 22.6. The number of fused-ring (bicyclic) bond motifs is 1. The summed E-state index contributed by atoms with van der Waals surface area (Å²) in [5.74, 6) is -0.231. The zero-order chi connectivity index (χ0) is 25.8. The lowest BCUT2D eigenvalue weighted by Crippen LogP contribution is -2.46. The minimum atomic E-state index is -0.414. The van der Waals surface area contributed by atoms with E-state index in [9.17, 15) is 9.18 Å². The first-order valence-electron chi connectivity index (χ1n) is 12.1. The molecule has 0 aliphatic carbocycles. The van der Waals surface area contributed by atoms with E-state index in [-0.39, 0.29) is 18.1 Å². The number of H-pyrrole nitrogens is 1. The second kappa shape index (κ2) is 10.4. The number of nitrogens with one attached hydrogen (secondary N) is 1. The molecule has 37 heavy (non-hydrogen) atoms. The normalized spacial score (nSPS) is 16.8. The number of halogens is 1. The number of aromatic amines is 1. The highest BCUT2D eigenvalue weighted by Crippen LogP contribution is 2.37. The fourth-order valence-corrected chi connectivity index (χ4v) is 5.30. The molecule has 2 aliphatic heterocycles. The van der Waals surface area contributed by atoms with Crippen molar-refractivity contribution >= 4 is 28.8 Å². The van der Waals surface area contributed by atoms with Crippen molar-refractivity contribution in [1.82, 2.24) is 9.88 Å². The Kier molecular flexibility index (Phi) is 6.86. The van der Waals surface area contributed by atoms with Gasteiger partial charge in [-0.3, -0.25) is 9.80 Å². The molecule has 2 aliphatic rings. The van der Waals surface area contributed by atoms with Crippen LogP contribution in [0.5, 0.6) is 0 Å². The number of anilines is 1. The molecular weight excluding hydrogens is 473 g/mol. The smallest absolute Gasteiger partial charge is 0.415 e. The van der Waals surface area contributed by atoms with E-state index in [1.807, 2.05) is 48.5 Å². The lowest BCUT2D eigenvalue weighted by molar-refractivity contribution is -0.191. The first-order valence-corrected chi connectivity index (χ1v) is 12.1. The second-order valence-corrected chi connectivity index (χ2v) is 9.38. The van der Waals surface area contributed by atoms with Crippen LogP contribution < -0.4 is 4.90 Å². The minimum absolute atomic E-state index is 0.231. The number of carbonyl (C=O) groups is 1. The number of likely N-dealkylation sites (tertiary alicyclic amines) is 1. The number of piperidine rings is 1. The van der Waals surface area contributed by atoms with E-state index < -0.39 is 5.60 Å². The minimum Gasteiger partial charge on any atom is -0.441 e. The lowest BCUT2D eigenvalue weighted by atomic mass is 9.90. The molecule has 1 amide bonds. The first-order chi connectivity index (χ1) is 18.0. The molecule has 1 N–H and O–H groups in total. The summed E-state index contributed by atoms with van der Waals surface area (Å²) in [5, 5.41) is 1.18. The van der Waals surface area contributed by atoms with Gasteiger partial charge in [-0.05, 0) is 47.0 Å². The summed E-state index contributed by atoms with van der Waals surface area (Å²) >= 11 is 0. The van der Waals surface area contributed by atoms with Gasteiger partial charge in [0.2, 0.25) is 0 Å². The van der Waals surface area contributed by atoms with E-state index >= 15 is 0 Å². The molecule has 3 heterocycles. The Morgan fingerprint density at radius 2 is 1.65 bits per heavy atom. The van der Waals surface area contributed by atoms with E-state index in [0.717, 1.165) is 54.8 Å². The Morgan fingerprint density at radius 3 is 2.35 bits per heavy atom. The van der Waals surface area contributed by atoms with Gasteiger partial charge in [0.1, 0.15) is 11.4 Å². The summed E-state index contributed by atoms with van der Waals surface area (Å²) in [7, 11) is 0. The molecule has 0 radical (unpaired) electrons. The van der Waals surface area contributed by atoms with Crippen LogP contribution in [0.2, 0.25) is 0 Å². The van der Waals surface area contributed by atoms with Gasteiger partial charge in [-0.1, -0.05) is 42.5 Å². The van der Waals surface area contributed by atoms with Crippen molar-refractivity contribution in [1.29, 1.82) is 0 Å². The van der Waals surface area contributed by atoms with Crippen LogP contribution in [0.4, 0.5) is 14.9 Å². The zero-order valence-electron chi connectivity index (χ0n) is 20.2. The number of hydrogen-bond donors (Lipinski definition) is 1. The molecule has 0 unspecified atom stereocenters. The highest BCUT2D eigenvalue weighted by atomic mass is 19.1. The van der Waals surface area contributed by atoms with Gasteiger partial charge in [0.15, 0.2) is 0 Å². The quantitative estimate of drug-likeness (QED) is 0.408. The van der Waals surface area contributed by atoms with Gasteiger partial charge in [-0.15, -0.1) is 0 Å².